The van der Waals surface area contributed by atoms with Crippen LogP contribution in [0.2, 0.25) is 0 Å². The summed E-state index contributed by atoms with van der Waals surface area (Å²) in [6.45, 7) is 0. The zero-order valence-corrected chi connectivity index (χ0v) is 6.50. The highest BCUT2D eigenvalue weighted by Gasteiger charge is 2.39. The summed E-state index contributed by atoms with van der Waals surface area (Å²) in [4.78, 5) is 10.1. The second-order valence-corrected chi connectivity index (χ2v) is 3.14. The van der Waals surface area contributed by atoms with Gasteiger partial charge in [-0.3, -0.25) is 4.79 Å². The number of nitrogen functional groups attached to an aromatic ring is 1. The maximum atomic E-state index is 11.8. The molecule has 0 spiro atoms. The normalized spacial score (nSPS) is 11.6. The Morgan fingerprint density at radius 3 is 2.33 bits per heavy atom. The van der Waals surface area contributed by atoms with Crippen LogP contribution < -0.4 is 5.73 Å². The number of anilines is 1. The van der Waals surface area contributed by atoms with Crippen molar-refractivity contribution in [2.24, 2.45) is 0 Å². The van der Waals surface area contributed by atoms with E-state index in [1.807, 2.05) is 0 Å². The molecule has 2 nitrogen and oxygen atoms in total. The van der Waals surface area contributed by atoms with Crippen molar-refractivity contribution in [1.29, 1.82) is 0 Å². The molecule has 12 heavy (non-hydrogen) atoms. The van der Waals surface area contributed by atoms with Gasteiger partial charge in [-0.2, -0.15) is 13.2 Å². The molecule has 0 amide bonds. The highest BCUT2D eigenvalue weighted by atomic mass is 32.1. The average Bonchev–Trinajstić information content (AvgIpc) is 2.32. The molecule has 1 aromatic rings. The van der Waals surface area contributed by atoms with Crippen molar-refractivity contribution >= 4 is 22.1 Å². The summed E-state index contributed by atoms with van der Waals surface area (Å²) in [5.41, 5.74) is 5.16. The van der Waals surface area contributed by atoms with E-state index in [4.69, 9.17) is 5.73 Å². The van der Waals surface area contributed by atoms with Crippen molar-refractivity contribution in [3.63, 3.8) is 0 Å². The monoisotopic (exact) mass is 195 g/mol. The van der Waals surface area contributed by atoms with Gasteiger partial charge in [0.05, 0.1) is 9.88 Å². The van der Waals surface area contributed by atoms with Gasteiger partial charge in [0.25, 0.3) is 5.78 Å². The van der Waals surface area contributed by atoms with E-state index in [-0.39, 0.29) is 9.88 Å². The number of carbonyl (C=O) groups is 1. The smallest absolute Gasteiger partial charge is 0.391 e. The number of hydrogen-bond acceptors (Lipinski definition) is 3. The third-order valence-corrected chi connectivity index (χ3v) is 2.02. The molecule has 6 heteroatoms. The Labute approximate surface area is 69.8 Å². The lowest BCUT2D eigenvalue weighted by Gasteiger charge is -2.00. The molecule has 0 aliphatic rings. The van der Waals surface area contributed by atoms with Crippen molar-refractivity contribution in [1.82, 2.24) is 0 Å². The Morgan fingerprint density at radius 1 is 1.42 bits per heavy atom. The first-order valence-corrected chi connectivity index (χ1v) is 3.70. The van der Waals surface area contributed by atoms with Crippen LogP contribution in [-0.2, 0) is 0 Å². The predicted molar refractivity (Wildman–Crippen MR) is 39.1 cm³/mol. The predicted octanol–water partition coefficient (Wildman–Crippen LogP) is 2.08. The van der Waals surface area contributed by atoms with Crippen molar-refractivity contribution < 1.29 is 18.0 Å². The zero-order chi connectivity index (χ0) is 9.35. The van der Waals surface area contributed by atoms with Gasteiger partial charge in [0, 0.05) is 0 Å². The fourth-order valence-corrected chi connectivity index (χ4v) is 1.35. The van der Waals surface area contributed by atoms with Crippen molar-refractivity contribution in [2.75, 3.05) is 5.73 Å². The number of hydrogen-bond donors (Lipinski definition) is 1. The third-order valence-electron chi connectivity index (χ3n) is 1.11. The zero-order valence-electron chi connectivity index (χ0n) is 5.68. The summed E-state index contributed by atoms with van der Waals surface area (Å²) in [6, 6.07) is 2.33. The maximum absolute atomic E-state index is 11.8. The molecule has 2 N–H and O–H groups in total. The van der Waals surface area contributed by atoms with E-state index in [0.29, 0.717) is 11.3 Å². The van der Waals surface area contributed by atoms with E-state index >= 15 is 0 Å². The minimum absolute atomic E-state index is 0.197. The lowest BCUT2D eigenvalue weighted by Crippen LogP contribution is -2.21. The van der Waals surface area contributed by atoms with Gasteiger partial charge in [-0.25, -0.2) is 0 Å². The van der Waals surface area contributed by atoms with Crippen LogP contribution in [-0.4, -0.2) is 12.0 Å². The molecular weight excluding hydrogens is 191 g/mol. The molecule has 0 fully saturated rings. The summed E-state index contributed by atoms with van der Waals surface area (Å²) in [6.07, 6.45) is -4.81. The van der Waals surface area contributed by atoms with Gasteiger partial charge in [0.15, 0.2) is 0 Å². The highest BCUT2D eigenvalue weighted by molar-refractivity contribution is 7.17. The SMILES string of the molecule is Nc1ccc(C(=O)C(F)(F)F)s1. The second kappa shape index (κ2) is 2.78. The minimum atomic E-state index is -4.81. The number of rotatable bonds is 1. The Bertz CT molecular complexity index is 304. The number of carbonyl (C=O) groups excluding carboxylic acids is 1. The van der Waals surface area contributed by atoms with Gasteiger partial charge in [-0.15, -0.1) is 11.3 Å². The lowest BCUT2D eigenvalue weighted by atomic mass is 10.3. The van der Waals surface area contributed by atoms with Crippen LogP contribution in [0.25, 0.3) is 0 Å². The van der Waals surface area contributed by atoms with Gasteiger partial charge >= 0.3 is 6.18 Å². The van der Waals surface area contributed by atoms with Crippen molar-refractivity contribution in [3.05, 3.63) is 17.0 Å². The first kappa shape index (κ1) is 9.05. The standard InChI is InChI=1S/C6H4F3NOS/c7-6(8,9)5(11)3-1-2-4(10)12-3/h1-2H,10H2. The number of nitrogens with two attached hydrogens (primary N) is 1. The summed E-state index contributed by atoms with van der Waals surface area (Å²) >= 11 is 0.631. The van der Waals surface area contributed by atoms with Gasteiger partial charge < -0.3 is 5.73 Å². The Hall–Kier alpha value is -1.04. The molecule has 1 aromatic heterocycles. The Balaban J connectivity index is 2.93. The largest absolute Gasteiger partial charge is 0.455 e. The molecule has 1 rings (SSSR count). The van der Waals surface area contributed by atoms with E-state index < -0.39 is 12.0 Å². The third kappa shape index (κ3) is 1.76. The van der Waals surface area contributed by atoms with Crippen LogP contribution in [0.3, 0.4) is 0 Å². The topological polar surface area (TPSA) is 43.1 Å². The fraction of sp³-hybridized carbons (Fsp3) is 0.167. The van der Waals surface area contributed by atoms with Crippen molar-refractivity contribution in [2.45, 2.75) is 6.18 Å². The second-order valence-electron chi connectivity index (χ2n) is 2.03. The quantitative estimate of drug-likeness (QED) is 0.697. The van der Waals surface area contributed by atoms with Gasteiger partial charge in [-0.05, 0) is 12.1 Å². The molecule has 1 heterocycles. The van der Waals surface area contributed by atoms with E-state index in [1.165, 1.54) is 6.07 Å². The molecule has 0 atom stereocenters. The van der Waals surface area contributed by atoms with Crippen LogP contribution in [0, 0.1) is 0 Å². The van der Waals surface area contributed by atoms with Gasteiger partial charge in [0.2, 0.25) is 0 Å². The lowest BCUT2D eigenvalue weighted by molar-refractivity contribution is -0.0882. The Morgan fingerprint density at radius 2 is 2.00 bits per heavy atom. The fourth-order valence-electron chi connectivity index (χ4n) is 0.615. The van der Waals surface area contributed by atoms with Crippen LogP contribution in [0.1, 0.15) is 9.67 Å². The van der Waals surface area contributed by atoms with E-state index in [1.54, 1.807) is 0 Å². The number of ketones is 1. The molecule has 0 aliphatic heterocycles. The molecule has 0 bridgehead atoms. The van der Waals surface area contributed by atoms with E-state index in [2.05, 4.69) is 0 Å². The average molecular weight is 195 g/mol. The summed E-state index contributed by atoms with van der Waals surface area (Å²) in [7, 11) is 0. The molecular formula is C6H4F3NOS. The maximum Gasteiger partial charge on any atom is 0.455 e. The molecule has 0 saturated carbocycles. The van der Waals surface area contributed by atoms with Crippen LogP contribution in [0.15, 0.2) is 12.1 Å². The number of alkyl halides is 3. The summed E-state index contributed by atoms with van der Waals surface area (Å²) < 4.78 is 35.3. The molecule has 66 valence electrons. The van der Waals surface area contributed by atoms with Gasteiger partial charge in [-0.1, -0.05) is 0 Å². The minimum Gasteiger partial charge on any atom is -0.391 e. The molecule has 0 radical (unpaired) electrons. The van der Waals surface area contributed by atoms with Crippen LogP contribution in [0.4, 0.5) is 18.2 Å². The number of halogens is 3. The first-order chi connectivity index (χ1) is 5.41. The van der Waals surface area contributed by atoms with Crippen LogP contribution in [0.5, 0.6) is 0 Å². The number of thiophene rings is 1. The Kier molecular flexibility index (Phi) is 2.10. The highest BCUT2D eigenvalue weighted by Crippen LogP contribution is 2.27. The van der Waals surface area contributed by atoms with Crippen molar-refractivity contribution in [3.8, 4) is 0 Å². The molecule has 0 aliphatic carbocycles. The first-order valence-electron chi connectivity index (χ1n) is 2.88. The summed E-state index contributed by atoms with van der Waals surface area (Å²) in [5, 5.41) is 0.197. The van der Waals surface area contributed by atoms with Gasteiger partial charge in [0.1, 0.15) is 0 Å². The molecule has 0 aromatic carbocycles. The van der Waals surface area contributed by atoms with Crippen LogP contribution >= 0.6 is 11.3 Å². The molecule has 0 saturated heterocycles. The number of Topliss-reactive ketones (excluding diaryl/α,β-unsaturated/α-hetero) is 1. The summed E-state index contributed by atoms with van der Waals surface area (Å²) in [5.74, 6) is -1.84. The van der Waals surface area contributed by atoms with E-state index in [9.17, 15) is 18.0 Å². The van der Waals surface area contributed by atoms with E-state index in [0.717, 1.165) is 6.07 Å². The molecule has 0 unspecified atom stereocenters.